The lowest BCUT2D eigenvalue weighted by Crippen LogP contribution is -2.45. The molecule has 1 fully saturated rings. The molecular formula is C13H19ClN2O3. The maximum atomic E-state index is 10.7. The zero-order chi connectivity index (χ0) is 13.9. The molecule has 0 radical (unpaired) electrons. The molecule has 0 bridgehead atoms. The molecule has 1 unspecified atom stereocenters. The first-order valence-electron chi connectivity index (χ1n) is 6.40. The molecule has 19 heavy (non-hydrogen) atoms. The summed E-state index contributed by atoms with van der Waals surface area (Å²) in [4.78, 5) is 3.98. The number of nitrogen functional groups attached to an aromatic ring is 1. The van der Waals surface area contributed by atoms with Crippen LogP contribution < -0.4 is 5.73 Å². The molecule has 2 heterocycles. The van der Waals surface area contributed by atoms with Crippen LogP contribution in [0.25, 0.3) is 0 Å². The van der Waals surface area contributed by atoms with Crippen molar-refractivity contribution in [1.29, 1.82) is 0 Å². The van der Waals surface area contributed by atoms with Gasteiger partial charge in [-0.3, -0.25) is 0 Å². The first-order chi connectivity index (χ1) is 9.09. The Balaban J connectivity index is 2.32. The Morgan fingerprint density at radius 2 is 2.26 bits per heavy atom. The number of anilines is 1. The predicted octanol–water partition coefficient (Wildman–Crippen LogP) is 1.94. The van der Waals surface area contributed by atoms with Gasteiger partial charge >= 0.3 is 0 Å². The minimum atomic E-state index is -0.859. The van der Waals surface area contributed by atoms with Gasteiger partial charge in [-0.05, 0) is 13.0 Å². The summed E-state index contributed by atoms with van der Waals surface area (Å²) in [6.07, 6.45) is 1.84. The Bertz CT molecular complexity index is 430. The molecule has 1 aliphatic rings. The number of hydrogen-bond acceptors (Lipinski definition) is 5. The molecule has 0 aromatic carbocycles. The van der Waals surface area contributed by atoms with Gasteiger partial charge in [0.15, 0.2) is 0 Å². The van der Waals surface area contributed by atoms with Crippen LogP contribution in [-0.2, 0) is 9.47 Å². The minimum Gasteiger partial charge on any atom is -0.385 e. The van der Waals surface area contributed by atoms with Gasteiger partial charge in [0.2, 0.25) is 0 Å². The highest BCUT2D eigenvalue weighted by Crippen LogP contribution is 2.39. The normalized spacial score (nSPS) is 20.2. The van der Waals surface area contributed by atoms with Gasteiger partial charge in [-0.1, -0.05) is 11.6 Å². The third-order valence-corrected chi connectivity index (χ3v) is 3.69. The van der Waals surface area contributed by atoms with E-state index in [9.17, 15) is 5.11 Å². The van der Waals surface area contributed by atoms with Crippen molar-refractivity contribution < 1.29 is 14.6 Å². The quantitative estimate of drug-likeness (QED) is 0.884. The van der Waals surface area contributed by atoms with Gasteiger partial charge < -0.3 is 20.3 Å². The molecule has 6 heteroatoms. The van der Waals surface area contributed by atoms with Crippen molar-refractivity contribution in [2.45, 2.75) is 31.5 Å². The Morgan fingerprint density at radius 1 is 1.58 bits per heavy atom. The molecule has 1 saturated heterocycles. The summed E-state index contributed by atoms with van der Waals surface area (Å²) >= 11 is 5.93. The molecule has 1 aromatic rings. The largest absolute Gasteiger partial charge is 0.385 e. The standard InChI is InChI=1S/C13H19ClN2O3/c1-2-19-13(3-5-18-6-4-13)11(17)10-7-9(14)8-16-12(10)15/h7-8,11,17H,2-6H2,1H3,(H2,15,16). The molecule has 2 rings (SSSR count). The molecule has 1 atom stereocenters. The number of halogens is 1. The van der Waals surface area contributed by atoms with Crippen molar-refractivity contribution in [1.82, 2.24) is 4.98 Å². The van der Waals surface area contributed by atoms with E-state index < -0.39 is 11.7 Å². The van der Waals surface area contributed by atoms with Crippen molar-refractivity contribution in [3.8, 4) is 0 Å². The summed E-state index contributed by atoms with van der Waals surface area (Å²) in [5, 5.41) is 11.1. The van der Waals surface area contributed by atoms with E-state index in [0.29, 0.717) is 43.2 Å². The van der Waals surface area contributed by atoms with E-state index in [1.165, 1.54) is 6.20 Å². The molecule has 0 amide bonds. The fourth-order valence-corrected chi connectivity index (χ4v) is 2.64. The minimum absolute atomic E-state index is 0.280. The fraction of sp³-hybridized carbons (Fsp3) is 0.615. The number of aliphatic hydroxyl groups is 1. The molecule has 0 spiro atoms. The van der Waals surface area contributed by atoms with Crippen LogP contribution in [0, 0.1) is 0 Å². The van der Waals surface area contributed by atoms with Crippen molar-refractivity contribution in [3.05, 3.63) is 22.8 Å². The summed E-state index contributed by atoms with van der Waals surface area (Å²) in [5.74, 6) is 0.280. The number of nitrogens with two attached hydrogens (primary N) is 1. The van der Waals surface area contributed by atoms with Gasteiger partial charge in [0.05, 0.1) is 5.02 Å². The second-order valence-corrected chi connectivity index (χ2v) is 5.08. The summed E-state index contributed by atoms with van der Waals surface area (Å²) in [6.45, 7) is 3.55. The lowest BCUT2D eigenvalue weighted by Gasteiger charge is -2.40. The summed E-state index contributed by atoms with van der Waals surface area (Å²) in [7, 11) is 0. The van der Waals surface area contributed by atoms with Crippen LogP contribution in [0.4, 0.5) is 5.82 Å². The summed E-state index contributed by atoms with van der Waals surface area (Å²) in [5.41, 5.74) is 5.68. The highest BCUT2D eigenvalue weighted by molar-refractivity contribution is 6.30. The van der Waals surface area contributed by atoms with Gasteiger partial charge in [-0.2, -0.15) is 0 Å². The average Bonchev–Trinajstić information content (AvgIpc) is 2.42. The van der Waals surface area contributed by atoms with E-state index >= 15 is 0 Å². The summed E-state index contributed by atoms with van der Waals surface area (Å²) < 4.78 is 11.2. The van der Waals surface area contributed by atoms with Crippen LogP contribution in [0.15, 0.2) is 12.3 Å². The topological polar surface area (TPSA) is 77.6 Å². The maximum absolute atomic E-state index is 10.7. The number of nitrogens with zero attached hydrogens (tertiary/aromatic N) is 1. The number of rotatable bonds is 4. The van der Waals surface area contributed by atoms with Crippen molar-refractivity contribution in [2.24, 2.45) is 0 Å². The van der Waals surface area contributed by atoms with E-state index in [-0.39, 0.29) is 5.82 Å². The average molecular weight is 287 g/mol. The Morgan fingerprint density at radius 3 is 2.89 bits per heavy atom. The van der Waals surface area contributed by atoms with Crippen molar-refractivity contribution in [2.75, 3.05) is 25.6 Å². The number of pyridine rings is 1. The van der Waals surface area contributed by atoms with Crippen LogP contribution in [0.5, 0.6) is 0 Å². The lowest BCUT2D eigenvalue weighted by atomic mass is 9.84. The van der Waals surface area contributed by atoms with Crippen LogP contribution in [0.3, 0.4) is 0 Å². The summed E-state index contributed by atoms with van der Waals surface area (Å²) in [6, 6.07) is 1.64. The zero-order valence-corrected chi connectivity index (χ0v) is 11.7. The van der Waals surface area contributed by atoms with Crippen molar-refractivity contribution >= 4 is 17.4 Å². The molecule has 3 N–H and O–H groups in total. The molecule has 0 saturated carbocycles. The van der Waals surface area contributed by atoms with Crippen molar-refractivity contribution in [3.63, 3.8) is 0 Å². The molecule has 106 valence electrons. The van der Waals surface area contributed by atoms with Gasteiger partial charge in [0, 0.05) is 44.4 Å². The molecule has 0 aliphatic carbocycles. The van der Waals surface area contributed by atoms with Gasteiger partial charge in [-0.25, -0.2) is 4.98 Å². The van der Waals surface area contributed by atoms with Gasteiger partial charge in [0.25, 0.3) is 0 Å². The van der Waals surface area contributed by atoms with E-state index in [0.717, 1.165) is 0 Å². The van der Waals surface area contributed by atoms with E-state index in [1.54, 1.807) is 6.07 Å². The first-order valence-corrected chi connectivity index (χ1v) is 6.77. The zero-order valence-electron chi connectivity index (χ0n) is 10.9. The highest BCUT2D eigenvalue weighted by atomic mass is 35.5. The van der Waals surface area contributed by atoms with Crippen LogP contribution in [0.2, 0.25) is 5.02 Å². The fourth-order valence-electron chi connectivity index (χ4n) is 2.47. The van der Waals surface area contributed by atoms with Gasteiger partial charge in [-0.15, -0.1) is 0 Å². The first kappa shape index (κ1) is 14.5. The van der Waals surface area contributed by atoms with E-state index in [1.807, 2.05) is 6.92 Å². The highest BCUT2D eigenvalue weighted by Gasteiger charge is 2.42. The monoisotopic (exact) mass is 286 g/mol. The Hall–Kier alpha value is -0.880. The smallest absolute Gasteiger partial charge is 0.129 e. The third kappa shape index (κ3) is 3.00. The number of aliphatic hydroxyl groups excluding tert-OH is 1. The SMILES string of the molecule is CCOC1(C(O)c2cc(Cl)cnc2N)CCOCC1. The molecule has 1 aliphatic heterocycles. The predicted molar refractivity (Wildman–Crippen MR) is 73.0 cm³/mol. The second-order valence-electron chi connectivity index (χ2n) is 4.64. The van der Waals surface area contributed by atoms with Crippen LogP contribution in [-0.4, -0.2) is 35.5 Å². The molecule has 1 aromatic heterocycles. The Labute approximate surface area is 117 Å². The number of hydrogen-bond donors (Lipinski definition) is 2. The maximum Gasteiger partial charge on any atom is 0.129 e. The van der Waals surface area contributed by atoms with E-state index in [2.05, 4.69) is 4.98 Å². The van der Waals surface area contributed by atoms with Crippen LogP contribution in [0.1, 0.15) is 31.4 Å². The third-order valence-electron chi connectivity index (χ3n) is 3.48. The van der Waals surface area contributed by atoms with E-state index in [4.69, 9.17) is 26.8 Å². The molecular weight excluding hydrogens is 268 g/mol. The van der Waals surface area contributed by atoms with Crippen LogP contribution >= 0.6 is 11.6 Å². The second kappa shape index (κ2) is 6.05. The lowest BCUT2D eigenvalue weighted by molar-refractivity contribution is -0.167. The molecule has 5 nitrogen and oxygen atoms in total. The number of ether oxygens (including phenoxy) is 2. The Kier molecular flexibility index (Phi) is 4.62. The van der Waals surface area contributed by atoms with Gasteiger partial charge in [0.1, 0.15) is 17.5 Å². The number of aromatic nitrogens is 1.